The highest BCUT2D eigenvalue weighted by Gasteiger charge is 2.17. The van der Waals surface area contributed by atoms with E-state index < -0.39 is 0 Å². The van der Waals surface area contributed by atoms with Gasteiger partial charge in [0.05, 0.1) is 6.54 Å². The zero-order chi connectivity index (χ0) is 12.5. The Morgan fingerprint density at radius 2 is 2.11 bits per heavy atom. The fraction of sp³-hybridized carbons (Fsp3) is 0.357. The number of aryl methyl sites for hydroxylation is 1. The summed E-state index contributed by atoms with van der Waals surface area (Å²) in [6, 6.07) is 8.18. The number of halogens is 1. The maximum absolute atomic E-state index is 12.1. The molecule has 1 aliphatic rings. The molecule has 0 saturated heterocycles. The van der Waals surface area contributed by atoms with Crippen LogP contribution in [0.3, 0.4) is 0 Å². The van der Waals surface area contributed by atoms with E-state index in [4.69, 9.17) is 0 Å². The van der Waals surface area contributed by atoms with Crippen LogP contribution in [-0.2, 0) is 19.4 Å². The van der Waals surface area contributed by atoms with Gasteiger partial charge in [-0.05, 0) is 43.4 Å². The number of nitrogens with zero attached hydrogens (tertiary/aromatic N) is 1. The lowest BCUT2D eigenvalue weighted by Gasteiger charge is -2.14. The van der Waals surface area contributed by atoms with Gasteiger partial charge in [0.15, 0.2) is 0 Å². The third-order valence-electron chi connectivity index (χ3n) is 3.38. The molecule has 18 heavy (non-hydrogen) atoms. The molecular weight excluding hydrogens is 310 g/mol. The van der Waals surface area contributed by atoms with E-state index in [2.05, 4.69) is 28.1 Å². The number of hydrogen-bond donors (Lipinski definition) is 0. The molecule has 0 N–H and O–H groups in total. The third-order valence-corrected chi connectivity index (χ3v) is 4.95. The van der Waals surface area contributed by atoms with Crippen molar-refractivity contribution in [2.45, 2.75) is 32.2 Å². The van der Waals surface area contributed by atoms with Gasteiger partial charge < -0.3 is 0 Å². The van der Waals surface area contributed by atoms with Crippen molar-refractivity contribution in [2.75, 3.05) is 0 Å². The van der Waals surface area contributed by atoms with E-state index in [9.17, 15) is 4.79 Å². The van der Waals surface area contributed by atoms with Gasteiger partial charge in [0, 0.05) is 15.0 Å². The number of aromatic nitrogens is 1. The van der Waals surface area contributed by atoms with Crippen molar-refractivity contribution in [3.8, 4) is 0 Å². The van der Waals surface area contributed by atoms with Gasteiger partial charge in [0.1, 0.15) is 0 Å². The van der Waals surface area contributed by atoms with Crippen molar-refractivity contribution in [1.82, 2.24) is 4.57 Å². The second-order valence-electron chi connectivity index (χ2n) is 4.66. The Morgan fingerprint density at radius 3 is 2.94 bits per heavy atom. The van der Waals surface area contributed by atoms with Gasteiger partial charge >= 0.3 is 4.87 Å². The van der Waals surface area contributed by atoms with Crippen LogP contribution < -0.4 is 4.87 Å². The lowest BCUT2D eigenvalue weighted by molar-refractivity contribution is 0.625. The Kier molecular flexibility index (Phi) is 3.39. The van der Waals surface area contributed by atoms with Crippen LogP contribution in [-0.4, -0.2) is 4.57 Å². The molecule has 0 saturated carbocycles. The summed E-state index contributed by atoms with van der Waals surface area (Å²) < 4.78 is 3.03. The summed E-state index contributed by atoms with van der Waals surface area (Å²) in [4.78, 5) is 13.6. The Hall–Kier alpha value is -0.870. The molecule has 0 amide bonds. The molecule has 2 aromatic rings. The van der Waals surface area contributed by atoms with Gasteiger partial charge in [-0.1, -0.05) is 39.4 Å². The minimum atomic E-state index is 0.196. The molecule has 3 rings (SSSR count). The number of fused-ring (bicyclic) bond motifs is 1. The third kappa shape index (κ3) is 2.31. The van der Waals surface area contributed by atoms with Crippen LogP contribution in [0.5, 0.6) is 0 Å². The molecule has 1 heterocycles. The molecule has 1 aromatic carbocycles. The van der Waals surface area contributed by atoms with E-state index in [1.165, 1.54) is 40.3 Å². The Balaban J connectivity index is 1.98. The summed E-state index contributed by atoms with van der Waals surface area (Å²) >= 11 is 4.91. The molecule has 0 spiro atoms. The van der Waals surface area contributed by atoms with E-state index in [-0.39, 0.29) is 4.87 Å². The molecular formula is C14H14BrNOS. The molecule has 0 unspecified atom stereocenters. The Labute approximate surface area is 118 Å². The van der Waals surface area contributed by atoms with E-state index in [1.54, 1.807) is 0 Å². The first kappa shape index (κ1) is 12.2. The van der Waals surface area contributed by atoms with Gasteiger partial charge in [-0.2, -0.15) is 0 Å². The van der Waals surface area contributed by atoms with Gasteiger partial charge in [0.2, 0.25) is 0 Å². The average molecular weight is 324 g/mol. The van der Waals surface area contributed by atoms with Crippen LogP contribution >= 0.6 is 27.3 Å². The van der Waals surface area contributed by atoms with Crippen LogP contribution in [0.4, 0.5) is 0 Å². The lowest BCUT2D eigenvalue weighted by Crippen LogP contribution is -2.18. The Bertz CT molecular complexity index is 629. The standard InChI is InChI=1S/C14H14BrNOS/c15-11-5-3-4-10(8-11)9-16-12-6-1-2-7-13(12)18-14(16)17/h3-5,8H,1-2,6-7,9H2. The number of hydrogen-bond acceptors (Lipinski definition) is 2. The summed E-state index contributed by atoms with van der Waals surface area (Å²) in [5.74, 6) is 0. The highest BCUT2D eigenvalue weighted by atomic mass is 79.9. The number of benzene rings is 1. The zero-order valence-electron chi connectivity index (χ0n) is 9.99. The first-order chi connectivity index (χ1) is 8.74. The summed E-state index contributed by atoms with van der Waals surface area (Å²) in [6.45, 7) is 0.699. The van der Waals surface area contributed by atoms with E-state index in [1.807, 2.05) is 16.7 Å². The smallest absolute Gasteiger partial charge is 0.298 e. The molecule has 4 heteroatoms. The minimum absolute atomic E-state index is 0.196. The molecule has 0 atom stereocenters. The first-order valence-electron chi connectivity index (χ1n) is 6.20. The summed E-state index contributed by atoms with van der Waals surface area (Å²) in [5.41, 5.74) is 2.45. The molecule has 0 fully saturated rings. The molecule has 1 aliphatic carbocycles. The van der Waals surface area contributed by atoms with Gasteiger partial charge in [-0.15, -0.1) is 0 Å². The van der Waals surface area contributed by atoms with Crippen LogP contribution in [0.1, 0.15) is 29.0 Å². The van der Waals surface area contributed by atoms with Crippen molar-refractivity contribution in [1.29, 1.82) is 0 Å². The predicted molar refractivity (Wildman–Crippen MR) is 78.5 cm³/mol. The van der Waals surface area contributed by atoms with Crippen molar-refractivity contribution in [3.63, 3.8) is 0 Å². The van der Waals surface area contributed by atoms with Gasteiger partial charge in [0.25, 0.3) is 0 Å². The molecule has 0 aliphatic heterocycles. The predicted octanol–water partition coefficient (Wildman–Crippen LogP) is 3.60. The fourth-order valence-electron chi connectivity index (χ4n) is 2.51. The maximum atomic E-state index is 12.1. The summed E-state index contributed by atoms with van der Waals surface area (Å²) in [5, 5.41) is 0. The highest BCUT2D eigenvalue weighted by molar-refractivity contribution is 9.10. The quantitative estimate of drug-likeness (QED) is 0.827. The first-order valence-corrected chi connectivity index (χ1v) is 7.81. The van der Waals surface area contributed by atoms with Crippen LogP contribution in [0.25, 0.3) is 0 Å². The molecule has 0 radical (unpaired) electrons. The van der Waals surface area contributed by atoms with Crippen LogP contribution in [0, 0.1) is 0 Å². The second kappa shape index (κ2) is 5.02. The maximum Gasteiger partial charge on any atom is 0.307 e. The van der Waals surface area contributed by atoms with E-state index >= 15 is 0 Å². The largest absolute Gasteiger partial charge is 0.307 e. The molecule has 94 valence electrons. The van der Waals surface area contributed by atoms with E-state index in [0.29, 0.717) is 6.54 Å². The van der Waals surface area contributed by atoms with Gasteiger partial charge in [-0.3, -0.25) is 9.36 Å². The second-order valence-corrected chi connectivity index (χ2v) is 6.62. The van der Waals surface area contributed by atoms with Crippen molar-refractivity contribution in [3.05, 3.63) is 54.5 Å². The number of rotatable bonds is 2. The number of thiazole rings is 1. The Morgan fingerprint density at radius 1 is 1.28 bits per heavy atom. The summed E-state index contributed by atoms with van der Waals surface area (Å²) in [6.07, 6.45) is 4.58. The van der Waals surface area contributed by atoms with Crippen LogP contribution in [0.2, 0.25) is 0 Å². The molecule has 0 bridgehead atoms. The lowest BCUT2D eigenvalue weighted by atomic mass is 10.0. The monoisotopic (exact) mass is 323 g/mol. The van der Waals surface area contributed by atoms with E-state index in [0.717, 1.165) is 17.3 Å². The fourth-order valence-corrected chi connectivity index (χ4v) is 4.02. The van der Waals surface area contributed by atoms with Crippen molar-refractivity contribution < 1.29 is 0 Å². The molecule has 2 nitrogen and oxygen atoms in total. The normalized spacial score (nSPS) is 14.5. The molecule has 1 aromatic heterocycles. The summed E-state index contributed by atoms with van der Waals surface area (Å²) in [7, 11) is 0. The zero-order valence-corrected chi connectivity index (χ0v) is 12.4. The van der Waals surface area contributed by atoms with Gasteiger partial charge in [-0.25, -0.2) is 0 Å². The highest BCUT2D eigenvalue weighted by Crippen LogP contribution is 2.24. The average Bonchev–Trinajstić information content (AvgIpc) is 2.66. The SMILES string of the molecule is O=c1sc2c(n1Cc1cccc(Br)c1)CCCC2. The van der Waals surface area contributed by atoms with Crippen molar-refractivity contribution >= 4 is 27.3 Å². The minimum Gasteiger partial charge on any atom is -0.298 e. The van der Waals surface area contributed by atoms with Crippen molar-refractivity contribution in [2.24, 2.45) is 0 Å². The van der Waals surface area contributed by atoms with Crippen LogP contribution in [0.15, 0.2) is 33.5 Å². The topological polar surface area (TPSA) is 22.0 Å².